The molecule has 0 aliphatic rings. The second kappa shape index (κ2) is 7.39. The van der Waals surface area contributed by atoms with Crippen LogP contribution < -0.4 is 5.32 Å². The van der Waals surface area contributed by atoms with Crippen LogP contribution in [0.15, 0.2) is 60.7 Å². The Labute approximate surface area is 149 Å². The summed E-state index contributed by atoms with van der Waals surface area (Å²) in [6, 6.07) is 20.5. The van der Waals surface area contributed by atoms with Gasteiger partial charge in [0.15, 0.2) is 0 Å². The van der Waals surface area contributed by atoms with Gasteiger partial charge < -0.3 is 9.88 Å². The number of carbonyl (C=O) groups excluding carboxylic acids is 1. The fraction of sp³-hybridized carbons (Fsp3) is 0.227. The summed E-state index contributed by atoms with van der Waals surface area (Å²) in [5, 5.41) is 3.04. The average Bonchev–Trinajstić information content (AvgIpc) is 2.89. The van der Waals surface area contributed by atoms with Gasteiger partial charge in [-0.15, -0.1) is 0 Å². The van der Waals surface area contributed by atoms with Crippen molar-refractivity contribution in [2.45, 2.75) is 33.9 Å². The third-order valence-corrected chi connectivity index (χ3v) is 4.47. The molecule has 0 aliphatic carbocycles. The highest BCUT2D eigenvalue weighted by molar-refractivity contribution is 5.94. The number of hydrogen-bond acceptors (Lipinski definition) is 1. The molecule has 0 aliphatic heterocycles. The van der Waals surface area contributed by atoms with Gasteiger partial charge in [0.1, 0.15) is 5.69 Å². The van der Waals surface area contributed by atoms with Gasteiger partial charge in [-0.2, -0.15) is 0 Å². The molecule has 0 fully saturated rings. The third kappa shape index (κ3) is 4.00. The van der Waals surface area contributed by atoms with Crippen LogP contribution in [0.25, 0.3) is 0 Å². The van der Waals surface area contributed by atoms with Gasteiger partial charge in [0, 0.05) is 18.8 Å². The number of nitrogens with one attached hydrogen (secondary N) is 1. The van der Waals surface area contributed by atoms with Crippen molar-refractivity contribution in [1.82, 2.24) is 9.88 Å². The molecule has 0 saturated heterocycles. The van der Waals surface area contributed by atoms with E-state index >= 15 is 0 Å². The van der Waals surface area contributed by atoms with Crippen LogP contribution in [0, 0.1) is 20.8 Å². The van der Waals surface area contributed by atoms with E-state index in [1.807, 2.05) is 37.3 Å². The Balaban J connectivity index is 1.80. The van der Waals surface area contributed by atoms with Gasteiger partial charge in [0.05, 0.1) is 0 Å². The van der Waals surface area contributed by atoms with Gasteiger partial charge in [-0.1, -0.05) is 60.2 Å². The van der Waals surface area contributed by atoms with Crippen molar-refractivity contribution in [2.75, 3.05) is 0 Å². The monoisotopic (exact) mass is 332 g/mol. The zero-order valence-corrected chi connectivity index (χ0v) is 15.0. The summed E-state index contributed by atoms with van der Waals surface area (Å²) in [5.74, 6) is -0.0263. The van der Waals surface area contributed by atoms with Crippen LogP contribution in [0.5, 0.6) is 0 Å². The molecule has 3 aromatic rings. The van der Waals surface area contributed by atoms with E-state index in [4.69, 9.17) is 0 Å². The lowest BCUT2D eigenvalue weighted by Gasteiger charge is -2.13. The SMILES string of the molecule is Cc1ccc(Cn2c(C)cc(C)c2C(=O)NCc2ccccc2)cc1. The summed E-state index contributed by atoms with van der Waals surface area (Å²) in [6.45, 7) is 7.37. The predicted octanol–water partition coefficient (Wildman–Crippen LogP) is 4.39. The van der Waals surface area contributed by atoms with Crippen molar-refractivity contribution >= 4 is 5.91 Å². The van der Waals surface area contributed by atoms with E-state index in [2.05, 4.69) is 54.1 Å². The highest BCUT2D eigenvalue weighted by Crippen LogP contribution is 2.18. The van der Waals surface area contributed by atoms with Gasteiger partial charge in [-0.05, 0) is 43.5 Å². The molecule has 3 nitrogen and oxygen atoms in total. The number of carbonyl (C=O) groups is 1. The first kappa shape index (κ1) is 17.0. The number of amides is 1. The smallest absolute Gasteiger partial charge is 0.268 e. The number of hydrogen-bond donors (Lipinski definition) is 1. The Morgan fingerprint density at radius 3 is 2.28 bits per heavy atom. The summed E-state index contributed by atoms with van der Waals surface area (Å²) in [7, 11) is 0. The molecule has 3 rings (SSSR count). The normalized spacial score (nSPS) is 10.7. The maximum atomic E-state index is 12.8. The Bertz CT molecular complexity index is 861. The maximum Gasteiger partial charge on any atom is 0.268 e. The van der Waals surface area contributed by atoms with E-state index in [9.17, 15) is 4.79 Å². The first-order valence-electron chi connectivity index (χ1n) is 8.59. The van der Waals surface area contributed by atoms with Gasteiger partial charge in [0.25, 0.3) is 5.91 Å². The summed E-state index contributed by atoms with van der Waals surface area (Å²) < 4.78 is 2.10. The van der Waals surface area contributed by atoms with E-state index in [0.717, 1.165) is 22.5 Å². The number of aryl methyl sites for hydroxylation is 3. The molecule has 25 heavy (non-hydrogen) atoms. The predicted molar refractivity (Wildman–Crippen MR) is 102 cm³/mol. The standard InChI is InChI=1S/C22H24N2O/c1-16-9-11-20(12-10-16)15-24-18(3)13-17(2)21(24)22(25)23-14-19-7-5-4-6-8-19/h4-13H,14-15H2,1-3H3,(H,23,25). The third-order valence-electron chi connectivity index (χ3n) is 4.47. The summed E-state index contributed by atoms with van der Waals surface area (Å²) in [5.41, 5.74) is 6.39. The molecular formula is C22H24N2O. The van der Waals surface area contributed by atoms with Crippen molar-refractivity contribution in [2.24, 2.45) is 0 Å². The van der Waals surface area contributed by atoms with Crippen LogP contribution in [-0.2, 0) is 13.1 Å². The molecule has 1 amide bonds. The minimum atomic E-state index is -0.0263. The quantitative estimate of drug-likeness (QED) is 0.738. The van der Waals surface area contributed by atoms with E-state index in [1.165, 1.54) is 11.1 Å². The highest BCUT2D eigenvalue weighted by atomic mass is 16.1. The van der Waals surface area contributed by atoms with Crippen LogP contribution >= 0.6 is 0 Å². The lowest BCUT2D eigenvalue weighted by atomic mass is 10.1. The summed E-state index contributed by atoms with van der Waals surface area (Å²) in [6.07, 6.45) is 0. The minimum absolute atomic E-state index is 0.0263. The van der Waals surface area contributed by atoms with Gasteiger partial charge >= 0.3 is 0 Å². The van der Waals surface area contributed by atoms with Crippen molar-refractivity contribution in [3.63, 3.8) is 0 Å². The Morgan fingerprint density at radius 2 is 1.60 bits per heavy atom. The van der Waals surface area contributed by atoms with Gasteiger partial charge in [0.2, 0.25) is 0 Å². The van der Waals surface area contributed by atoms with E-state index < -0.39 is 0 Å². The van der Waals surface area contributed by atoms with Crippen molar-refractivity contribution in [3.05, 3.63) is 94.3 Å². The molecule has 128 valence electrons. The number of aromatic nitrogens is 1. The van der Waals surface area contributed by atoms with Crippen LogP contribution in [0.3, 0.4) is 0 Å². The number of benzene rings is 2. The molecule has 0 unspecified atom stereocenters. The largest absolute Gasteiger partial charge is 0.347 e. The molecular weight excluding hydrogens is 308 g/mol. The second-order valence-corrected chi connectivity index (χ2v) is 6.56. The first-order valence-corrected chi connectivity index (χ1v) is 8.59. The molecule has 0 saturated carbocycles. The molecule has 0 radical (unpaired) electrons. The number of nitrogens with zero attached hydrogens (tertiary/aromatic N) is 1. The van der Waals surface area contributed by atoms with Gasteiger partial charge in [-0.25, -0.2) is 0 Å². The molecule has 1 aromatic heterocycles. The van der Waals surface area contributed by atoms with E-state index in [1.54, 1.807) is 0 Å². The Hall–Kier alpha value is -2.81. The molecule has 0 atom stereocenters. The molecule has 0 spiro atoms. The van der Waals surface area contributed by atoms with Crippen molar-refractivity contribution in [1.29, 1.82) is 0 Å². The maximum absolute atomic E-state index is 12.8. The fourth-order valence-electron chi connectivity index (χ4n) is 3.09. The lowest BCUT2D eigenvalue weighted by Crippen LogP contribution is -2.26. The van der Waals surface area contributed by atoms with E-state index in [0.29, 0.717) is 13.1 Å². The fourth-order valence-corrected chi connectivity index (χ4v) is 3.09. The molecule has 3 heteroatoms. The molecule has 1 N–H and O–H groups in total. The van der Waals surface area contributed by atoms with Crippen LogP contribution in [0.4, 0.5) is 0 Å². The van der Waals surface area contributed by atoms with Crippen LogP contribution in [-0.4, -0.2) is 10.5 Å². The summed E-state index contributed by atoms with van der Waals surface area (Å²) in [4.78, 5) is 12.8. The average molecular weight is 332 g/mol. The zero-order chi connectivity index (χ0) is 17.8. The molecule has 2 aromatic carbocycles. The van der Waals surface area contributed by atoms with Crippen molar-refractivity contribution in [3.8, 4) is 0 Å². The van der Waals surface area contributed by atoms with Crippen molar-refractivity contribution < 1.29 is 4.79 Å². The summed E-state index contributed by atoms with van der Waals surface area (Å²) >= 11 is 0. The highest BCUT2D eigenvalue weighted by Gasteiger charge is 2.17. The Kier molecular flexibility index (Phi) is 5.03. The minimum Gasteiger partial charge on any atom is -0.347 e. The molecule has 0 bridgehead atoms. The van der Waals surface area contributed by atoms with Gasteiger partial charge in [-0.3, -0.25) is 4.79 Å². The topological polar surface area (TPSA) is 34.0 Å². The first-order chi connectivity index (χ1) is 12.0. The molecule has 1 heterocycles. The second-order valence-electron chi connectivity index (χ2n) is 6.56. The lowest BCUT2D eigenvalue weighted by molar-refractivity contribution is 0.0941. The van der Waals surface area contributed by atoms with Crippen LogP contribution in [0.1, 0.15) is 38.4 Å². The van der Waals surface area contributed by atoms with E-state index in [-0.39, 0.29) is 5.91 Å². The zero-order valence-electron chi connectivity index (χ0n) is 15.0. The number of rotatable bonds is 5. The Morgan fingerprint density at radius 1 is 0.920 bits per heavy atom. The van der Waals surface area contributed by atoms with Crippen LogP contribution in [0.2, 0.25) is 0 Å².